The zero-order chi connectivity index (χ0) is 13.0. The molecule has 1 aliphatic carbocycles. The summed E-state index contributed by atoms with van der Waals surface area (Å²) < 4.78 is 44.6. The van der Waals surface area contributed by atoms with Crippen LogP contribution < -0.4 is 10.1 Å². The van der Waals surface area contributed by atoms with Crippen molar-refractivity contribution in [1.82, 2.24) is 0 Å². The van der Waals surface area contributed by atoms with E-state index in [0.29, 0.717) is 21.6 Å². The van der Waals surface area contributed by atoms with E-state index >= 15 is 0 Å². The lowest BCUT2D eigenvalue weighted by Crippen LogP contribution is -2.51. The summed E-state index contributed by atoms with van der Waals surface area (Å²) in [5.41, 5.74) is -0.245. The number of hydrogen-bond acceptors (Lipinski definition) is 2. The minimum absolute atomic E-state index is 0.277. The predicted molar refractivity (Wildman–Crippen MR) is 69.9 cm³/mol. The highest BCUT2D eigenvalue weighted by molar-refractivity contribution is 14.1. The van der Waals surface area contributed by atoms with Gasteiger partial charge in [-0.3, -0.25) is 0 Å². The van der Waals surface area contributed by atoms with E-state index in [-0.39, 0.29) is 5.60 Å². The number of nitrogens with one attached hydrogen (secondary N) is 1. The first-order valence-electron chi connectivity index (χ1n) is 5.73. The third-order valence-corrected chi connectivity index (χ3v) is 4.41. The molecule has 98 valence electrons. The van der Waals surface area contributed by atoms with Crippen molar-refractivity contribution in [1.29, 1.82) is 0 Å². The number of halogens is 4. The molecule has 0 radical (unpaired) electrons. The second-order valence-corrected chi connectivity index (χ2v) is 5.98. The smallest absolute Gasteiger partial charge is 0.416 e. The molecule has 2 aliphatic rings. The van der Waals surface area contributed by atoms with Gasteiger partial charge < -0.3 is 10.1 Å². The average molecular weight is 369 g/mol. The molecular weight excluding hydrogens is 358 g/mol. The Hall–Kier alpha value is -0.660. The van der Waals surface area contributed by atoms with Crippen molar-refractivity contribution in [3.63, 3.8) is 0 Å². The summed E-state index contributed by atoms with van der Waals surface area (Å²) in [5, 5.41) is 3.20. The van der Waals surface area contributed by atoms with Crippen molar-refractivity contribution in [3.8, 4) is 5.75 Å². The van der Waals surface area contributed by atoms with Gasteiger partial charge in [0.2, 0.25) is 0 Å². The molecule has 0 amide bonds. The van der Waals surface area contributed by atoms with Crippen LogP contribution in [0.2, 0.25) is 0 Å². The number of fused-ring (bicyclic) bond motifs is 1. The minimum atomic E-state index is -4.33. The summed E-state index contributed by atoms with van der Waals surface area (Å²) in [4.78, 5) is 0. The van der Waals surface area contributed by atoms with E-state index in [1.54, 1.807) is 0 Å². The molecule has 0 bridgehead atoms. The van der Waals surface area contributed by atoms with Crippen molar-refractivity contribution >= 4 is 28.3 Å². The molecule has 1 aliphatic heterocycles. The van der Waals surface area contributed by atoms with Crippen LogP contribution in [0.5, 0.6) is 5.75 Å². The van der Waals surface area contributed by atoms with Gasteiger partial charge in [0.25, 0.3) is 0 Å². The van der Waals surface area contributed by atoms with Crippen molar-refractivity contribution < 1.29 is 17.9 Å². The van der Waals surface area contributed by atoms with Gasteiger partial charge in [-0.1, -0.05) is 0 Å². The third-order valence-electron chi connectivity index (χ3n) is 3.56. The van der Waals surface area contributed by atoms with Crippen molar-refractivity contribution in [2.45, 2.75) is 31.0 Å². The standard InChI is InChI=1S/C12H11F3INO/c13-12(14,15)7-4-8(16)10-9(5-7)18-11(6-17-10)2-1-3-11/h4-5,17H,1-3,6H2. The zero-order valence-electron chi connectivity index (χ0n) is 9.40. The molecule has 2 nitrogen and oxygen atoms in total. The summed E-state index contributed by atoms with van der Waals surface area (Å²) in [6, 6.07) is 2.25. The first-order valence-corrected chi connectivity index (χ1v) is 6.81. The van der Waals surface area contributed by atoms with Crippen LogP contribution in [0.3, 0.4) is 0 Å². The monoisotopic (exact) mass is 369 g/mol. The number of ether oxygens (including phenoxy) is 1. The Morgan fingerprint density at radius 2 is 2.00 bits per heavy atom. The molecule has 1 aromatic rings. The summed E-state index contributed by atoms with van der Waals surface area (Å²) in [6.45, 7) is 0.682. The number of alkyl halides is 3. The van der Waals surface area contributed by atoms with E-state index < -0.39 is 11.7 Å². The highest BCUT2D eigenvalue weighted by atomic mass is 127. The Balaban J connectivity index is 2.02. The topological polar surface area (TPSA) is 21.3 Å². The Morgan fingerprint density at radius 1 is 1.28 bits per heavy atom. The molecule has 0 atom stereocenters. The lowest BCUT2D eigenvalue weighted by atomic mass is 9.79. The molecule has 1 aromatic carbocycles. The van der Waals surface area contributed by atoms with Crippen LogP contribution in [0.25, 0.3) is 0 Å². The van der Waals surface area contributed by atoms with Crippen LogP contribution in [0, 0.1) is 3.57 Å². The quantitative estimate of drug-likeness (QED) is 0.698. The summed E-state index contributed by atoms with van der Waals surface area (Å²) in [5.74, 6) is 0.333. The summed E-state index contributed by atoms with van der Waals surface area (Å²) in [7, 11) is 0. The maximum atomic E-state index is 12.7. The van der Waals surface area contributed by atoms with E-state index in [4.69, 9.17) is 4.74 Å². The zero-order valence-corrected chi connectivity index (χ0v) is 11.6. The van der Waals surface area contributed by atoms with Gasteiger partial charge in [0.05, 0.1) is 17.8 Å². The molecule has 1 saturated carbocycles. The highest BCUT2D eigenvalue weighted by Gasteiger charge is 2.43. The second kappa shape index (κ2) is 3.91. The number of hydrogen-bond donors (Lipinski definition) is 1. The van der Waals surface area contributed by atoms with Gasteiger partial charge in [-0.25, -0.2) is 0 Å². The molecule has 18 heavy (non-hydrogen) atoms. The van der Waals surface area contributed by atoms with Gasteiger partial charge in [0.15, 0.2) is 0 Å². The lowest BCUT2D eigenvalue weighted by molar-refractivity contribution is -0.137. The Morgan fingerprint density at radius 3 is 2.56 bits per heavy atom. The van der Waals surface area contributed by atoms with Gasteiger partial charge in [-0.15, -0.1) is 0 Å². The summed E-state index contributed by atoms with van der Waals surface area (Å²) in [6.07, 6.45) is -1.44. The maximum absolute atomic E-state index is 12.7. The van der Waals surface area contributed by atoms with Crippen LogP contribution in [0.4, 0.5) is 18.9 Å². The van der Waals surface area contributed by atoms with Crippen LogP contribution in [-0.2, 0) is 6.18 Å². The Labute approximate surface area is 116 Å². The minimum Gasteiger partial charge on any atom is -0.483 e. The van der Waals surface area contributed by atoms with Crippen molar-refractivity contribution in [3.05, 3.63) is 21.3 Å². The SMILES string of the molecule is FC(F)(F)c1cc(I)c2c(c1)OC1(CCC1)CN2. The molecule has 1 fully saturated rings. The van der Waals surface area contributed by atoms with Crippen molar-refractivity contribution in [2.75, 3.05) is 11.9 Å². The maximum Gasteiger partial charge on any atom is 0.416 e. The van der Waals surface area contributed by atoms with Crippen LogP contribution in [0.1, 0.15) is 24.8 Å². The van der Waals surface area contributed by atoms with E-state index in [2.05, 4.69) is 5.32 Å². The van der Waals surface area contributed by atoms with Gasteiger partial charge >= 0.3 is 6.18 Å². The van der Waals surface area contributed by atoms with Gasteiger partial charge in [0, 0.05) is 3.57 Å². The first-order chi connectivity index (χ1) is 8.40. The molecule has 0 aromatic heterocycles. The molecule has 0 unspecified atom stereocenters. The molecular formula is C12H11F3INO. The van der Waals surface area contributed by atoms with E-state index in [9.17, 15) is 13.2 Å². The van der Waals surface area contributed by atoms with Gasteiger partial charge in [-0.05, 0) is 54.0 Å². The fraction of sp³-hybridized carbons (Fsp3) is 0.500. The van der Waals surface area contributed by atoms with E-state index in [1.165, 1.54) is 0 Å². The lowest BCUT2D eigenvalue weighted by Gasteiger charge is -2.45. The first kappa shape index (κ1) is 12.4. The van der Waals surface area contributed by atoms with Gasteiger partial charge in [-0.2, -0.15) is 13.2 Å². The Bertz CT molecular complexity index is 497. The highest BCUT2D eigenvalue weighted by Crippen LogP contribution is 2.46. The number of benzene rings is 1. The third kappa shape index (κ3) is 1.94. The van der Waals surface area contributed by atoms with Gasteiger partial charge in [0.1, 0.15) is 11.4 Å². The van der Waals surface area contributed by atoms with Crippen molar-refractivity contribution in [2.24, 2.45) is 0 Å². The number of anilines is 1. The molecule has 1 spiro atoms. The summed E-state index contributed by atoms with van der Waals surface area (Å²) >= 11 is 1.91. The largest absolute Gasteiger partial charge is 0.483 e. The fourth-order valence-corrected chi connectivity index (χ4v) is 3.16. The second-order valence-electron chi connectivity index (χ2n) is 4.82. The van der Waals surface area contributed by atoms with E-state index in [0.717, 1.165) is 31.4 Å². The number of rotatable bonds is 0. The predicted octanol–water partition coefficient (Wildman–Crippen LogP) is 4.04. The van der Waals surface area contributed by atoms with Crippen LogP contribution >= 0.6 is 22.6 Å². The van der Waals surface area contributed by atoms with Crippen LogP contribution in [-0.4, -0.2) is 12.1 Å². The normalized spacial score (nSPS) is 20.7. The van der Waals surface area contributed by atoms with E-state index in [1.807, 2.05) is 22.6 Å². The molecule has 0 saturated heterocycles. The molecule has 3 rings (SSSR count). The molecule has 1 N–H and O–H groups in total. The van der Waals surface area contributed by atoms with Crippen LogP contribution in [0.15, 0.2) is 12.1 Å². The molecule has 1 heterocycles. The Kier molecular flexibility index (Phi) is 2.69. The molecule has 6 heteroatoms. The fourth-order valence-electron chi connectivity index (χ4n) is 2.37. The average Bonchev–Trinajstić information content (AvgIpc) is 2.25.